The van der Waals surface area contributed by atoms with Crippen molar-refractivity contribution in [3.05, 3.63) is 96.1 Å². The molecule has 0 spiro atoms. The van der Waals surface area contributed by atoms with Crippen LogP contribution < -0.4 is 49.5 Å². The van der Waals surface area contributed by atoms with Crippen LogP contribution in [0.4, 0.5) is 0 Å². The van der Waals surface area contributed by atoms with E-state index in [4.69, 9.17) is 22.9 Å². The van der Waals surface area contributed by atoms with Crippen molar-refractivity contribution in [3.63, 3.8) is 0 Å². The molecule has 16 nitrogen and oxygen atoms in total. The lowest BCUT2D eigenvalue weighted by atomic mass is 9.97. The van der Waals surface area contributed by atoms with Gasteiger partial charge in [-0.15, -0.1) is 0 Å². The van der Waals surface area contributed by atoms with E-state index in [-0.39, 0.29) is 50.7 Å². The second-order valence-electron chi connectivity index (χ2n) is 13.6. The third-order valence-corrected chi connectivity index (χ3v) is 9.42. The number of nitrogens with zero attached hydrogens (tertiary/aromatic N) is 2. The van der Waals surface area contributed by atoms with Gasteiger partial charge in [-0.1, -0.05) is 84.9 Å². The minimum Gasteiger partial charge on any atom is -0.370 e. The van der Waals surface area contributed by atoms with E-state index in [1.165, 1.54) is 0 Å². The quantitative estimate of drug-likeness (QED) is 0.0531. The molecule has 294 valence electrons. The van der Waals surface area contributed by atoms with Crippen molar-refractivity contribution in [3.8, 4) is 0 Å². The number of aliphatic imine (C=N–C) groups is 2. The summed E-state index contributed by atoms with van der Waals surface area (Å²) in [7, 11) is 0. The Morgan fingerprint density at radius 2 is 1.09 bits per heavy atom. The van der Waals surface area contributed by atoms with Crippen LogP contribution in [-0.4, -0.2) is 85.3 Å². The third-order valence-electron chi connectivity index (χ3n) is 9.42. The van der Waals surface area contributed by atoms with Crippen LogP contribution in [0.1, 0.15) is 36.8 Å². The summed E-state index contributed by atoms with van der Waals surface area (Å²) in [6.45, 7) is -0.127. The maximum Gasteiger partial charge on any atom is 0.243 e. The number of amides is 5. The van der Waals surface area contributed by atoms with Gasteiger partial charge in [0, 0.05) is 25.9 Å². The number of nitrogens with two attached hydrogens (primary N) is 4. The molecule has 5 amide bonds. The highest BCUT2D eigenvalue weighted by Crippen LogP contribution is 2.21. The topological polar surface area (TPSA) is 274 Å². The molecule has 5 rings (SSSR count). The van der Waals surface area contributed by atoms with E-state index in [0.717, 1.165) is 32.7 Å². The lowest BCUT2D eigenvalue weighted by Gasteiger charge is -2.26. The molecule has 1 fully saturated rings. The van der Waals surface area contributed by atoms with Crippen LogP contribution in [-0.2, 0) is 36.8 Å². The summed E-state index contributed by atoms with van der Waals surface area (Å²) in [4.78, 5) is 77.4. The molecule has 13 N–H and O–H groups in total. The third kappa shape index (κ3) is 11.6. The number of carbonyl (C=O) groups is 5. The van der Waals surface area contributed by atoms with Crippen LogP contribution in [0, 0.1) is 0 Å². The number of nitrogens with one attached hydrogen (secondary N) is 5. The zero-order chi connectivity index (χ0) is 40.0. The molecule has 0 bridgehead atoms. The Morgan fingerprint density at radius 3 is 1.75 bits per heavy atom. The average molecular weight is 764 g/mol. The van der Waals surface area contributed by atoms with Gasteiger partial charge in [-0.25, -0.2) is 0 Å². The summed E-state index contributed by atoms with van der Waals surface area (Å²) in [5, 5.41) is 17.5. The minimum absolute atomic E-state index is 0.0561. The van der Waals surface area contributed by atoms with E-state index in [0.29, 0.717) is 12.8 Å². The first-order valence-corrected chi connectivity index (χ1v) is 18.5. The second-order valence-corrected chi connectivity index (χ2v) is 13.6. The standard InChI is InChI=1S/C40H49N11O5/c41-39(42)45-18-6-14-30-36(54)51-33(22-28-12-5-11-26-9-3-4-13-29(26)28)38(56)49-31(15-7-19-46-40(43)44)37(55)50-32(35(53)47-23-34(52)48-30)21-24-16-17-25-8-1-2-10-27(25)20-24/h1-5,8-13,16-17,20,30-33H,6-7,14-15,18-19,21-23H2,(H,47,53)(H,48,52)(H,49,56)(H,50,55)(H,51,54)(H4,41,42,45)(H4,43,44,46)/t30-,31+,32+,33+/m1/s1. The largest absolute Gasteiger partial charge is 0.370 e. The number of fused-ring (bicyclic) bond motifs is 2. The maximum absolute atomic E-state index is 14.3. The van der Waals surface area contributed by atoms with E-state index < -0.39 is 60.2 Å². The van der Waals surface area contributed by atoms with Crippen molar-refractivity contribution in [2.75, 3.05) is 19.6 Å². The summed E-state index contributed by atoms with van der Waals surface area (Å²) in [5.41, 5.74) is 23.5. The molecular weight excluding hydrogens is 715 g/mol. The Hall–Kier alpha value is -6.71. The summed E-state index contributed by atoms with van der Waals surface area (Å²) in [6, 6.07) is 22.1. The Bertz CT molecular complexity index is 2110. The SMILES string of the molecule is NC(N)=NCCC[C@@H]1NC(=O)[C@H](Cc2cccc3ccccc23)NC(=O)[C@@H](CCCN=C(N)N)NC(=O)CNC(=O)[C@H](Cc2ccc3ccccc3c2)NC1=O. The van der Waals surface area contributed by atoms with Gasteiger partial charge < -0.3 is 49.5 Å². The number of hydrogen-bond donors (Lipinski definition) is 9. The summed E-state index contributed by atoms with van der Waals surface area (Å²) in [6.07, 6.45) is 0.960. The molecule has 1 heterocycles. The Morgan fingerprint density at radius 1 is 0.554 bits per heavy atom. The van der Waals surface area contributed by atoms with Gasteiger partial charge in [-0.2, -0.15) is 0 Å². The van der Waals surface area contributed by atoms with Gasteiger partial charge in [0.15, 0.2) is 11.9 Å². The van der Waals surface area contributed by atoms with Crippen LogP contribution >= 0.6 is 0 Å². The van der Waals surface area contributed by atoms with E-state index in [9.17, 15) is 24.0 Å². The second kappa shape index (κ2) is 19.6. The van der Waals surface area contributed by atoms with Gasteiger partial charge in [-0.05, 0) is 58.4 Å². The van der Waals surface area contributed by atoms with Gasteiger partial charge in [0.05, 0.1) is 6.54 Å². The van der Waals surface area contributed by atoms with E-state index in [1.807, 2.05) is 84.9 Å². The average Bonchev–Trinajstić information content (AvgIpc) is 3.18. The molecular formula is C40H49N11O5. The first-order chi connectivity index (χ1) is 27.0. The van der Waals surface area contributed by atoms with E-state index in [1.54, 1.807) is 0 Å². The highest BCUT2D eigenvalue weighted by molar-refractivity contribution is 5.98. The fourth-order valence-electron chi connectivity index (χ4n) is 6.61. The molecule has 1 aliphatic rings. The smallest absolute Gasteiger partial charge is 0.243 e. The molecule has 0 radical (unpaired) electrons. The van der Waals surface area contributed by atoms with Crippen molar-refractivity contribution >= 4 is 63.0 Å². The fraction of sp³-hybridized carbons (Fsp3) is 0.325. The van der Waals surface area contributed by atoms with E-state index in [2.05, 4.69) is 36.6 Å². The molecule has 0 unspecified atom stereocenters. The van der Waals surface area contributed by atoms with Crippen LogP contribution in [0.5, 0.6) is 0 Å². The highest BCUT2D eigenvalue weighted by atomic mass is 16.2. The number of benzene rings is 4. The van der Waals surface area contributed by atoms with Crippen LogP contribution in [0.15, 0.2) is 94.9 Å². The van der Waals surface area contributed by atoms with Crippen molar-refractivity contribution < 1.29 is 24.0 Å². The van der Waals surface area contributed by atoms with Crippen molar-refractivity contribution in [1.82, 2.24) is 26.6 Å². The monoisotopic (exact) mass is 763 g/mol. The zero-order valence-electron chi connectivity index (χ0n) is 31.0. The predicted octanol–water partition coefficient (Wildman–Crippen LogP) is -0.0456. The summed E-state index contributed by atoms with van der Waals surface area (Å²) in [5.74, 6) is -3.47. The molecule has 4 aromatic carbocycles. The van der Waals surface area contributed by atoms with Crippen molar-refractivity contribution in [2.45, 2.75) is 62.7 Å². The molecule has 1 saturated heterocycles. The van der Waals surface area contributed by atoms with Gasteiger partial charge in [0.2, 0.25) is 29.5 Å². The molecule has 56 heavy (non-hydrogen) atoms. The van der Waals surface area contributed by atoms with Crippen molar-refractivity contribution in [1.29, 1.82) is 0 Å². The van der Waals surface area contributed by atoms with Crippen LogP contribution in [0.25, 0.3) is 21.5 Å². The molecule has 4 atom stereocenters. The number of guanidine groups is 2. The summed E-state index contributed by atoms with van der Waals surface area (Å²) >= 11 is 0. The Labute approximate surface area is 324 Å². The molecule has 16 heteroatoms. The fourth-order valence-corrected chi connectivity index (χ4v) is 6.61. The Kier molecular flexibility index (Phi) is 14.1. The Balaban J connectivity index is 1.50. The molecule has 0 aliphatic carbocycles. The minimum atomic E-state index is -1.18. The van der Waals surface area contributed by atoms with Crippen LogP contribution in [0.3, 0.4) is 0 Å². The molecule has 0 aromatic heterocycles. The number of carbonyl (C=O) groups excluding carboxylic acids is 5. The van der Waals surface area contributed by atoms with Gasteiger partial charge in [0.1, 0.15) is 24.2 Å². The van der Waals surface area contributed by atoms with Crippen molar-refractivity contribution in [2.24, 2.45) is 32.9 Å². The number of hydrogen-bond acceptors (Lipinski definition) is 7. The predicted molar refractivity (Wildman–Crippen MR) is 216 cm³/mol. The molecule has 4 aromatic rings. The number of rotatable bonds is 12. The lowest BCUT2D eigenvalue weighted by molar-refractivity contribution is -0.134. The lowest BCUT2D eigenvalue weighted by Crippen LogP contribution is -2.58. The molecule has 1 aliphatic heterocycles. The van der Waals surface area contributed by atoms with Gasteiger partial charge >= 0.3 is 0 Å². The molecule has 0 saturated carbocycles. The van der Waals surface area contributed by atoms with E-state index >= 15 is 0 Å². The first-order valence-electron chi connectivity index (χ1n) is 18.5. The maximum atomic E-state index is 14.3. The van der Waals surface area contributed by atoms with Crippen LogP contribution in [0.2, 0.25) is 0 Å². The highest BCUT2D eigenvalue weighted by Gasteiger charge is 2.32. The summed E-state index contributed by atoms with van der Waals surface area (Å²) < 4.78 is 0. The first kappa shape index (κ1) is 40.5. The zero-order valence-corrected chi connectivity index (χ0v) is 31.0. The normalized spacial score (nSPS) is 19.7. The van der Waals surface area contributed by atoms with Gasteiger partial charge in [0.25, 0.3) is 0 Å². The van der Waals surface area contributed by atoms with Gasteiger partial charge in [-0.3, -0.25) is 34.0 Å².